The Hall–Kier alpha value is -2.34. The molecule has 0 unspecified atom stereocenters. The molecule has 0 aliphatic heterocycles. The fraction of sp³-hybridized carbons (Fsp3) is 0.375. The Labute approximate surface area is 128 Å². The molecular weight excluding hydrogens is 282 g/mol. The van der Waals surface area contributed by atoms with Crippen LogP contribution in [0, 0.1) is 0 Å². The Balaban J connectivity index is 1.57. The molecule has 1 aromatic carbocycles. The van der Waals surface area contributed by atoms with Crippen molar-refractivity contribution in [3.63, 3.8) is 0 Å². The predicted octanol–water partition coefficient (Wildman–Crippen LogP) is 2.01. The van der Waals surface area contributed by atoms with Gasteiger partial charge in [0.25, 0.3) is 0 Å². The number of benzene rings is 1. The zero-order valence-corrected chi connectivity index (χ0v) is 12.2. The highest BCUT2D eigenvalue weighted by Gasteiger charge is 2.32. The minimum Gasteiger partial charge on any atom is -0.395 e. The lowest BCUT2D eigenvalue weighted by atomic mass is 10.2. The molecule has 1 aliphatic rings. The lowest BCUT2D eigenvalue weighted by Crippen LogP contribution is -2.42. The van der Waals surface area contributed by atoms with E-state index in [4.69, 9.17) is 9.63 Å². The number of amides is 2. The Kier molecular flexibility index (Phi) is 4.39. The molecule has 1 heterocycles. The fourth-order valence-electron chi connectivity index (χ4n) is 2.35. The average molecular weight is 301 g/mol. The van der Waals surface area contributed by atoms with Crippen molar-refractivity contribution in [2.24, 2.45) is 0 Å². The van der Waals surface area contributed by atoms with Crippen molar-refractivity contribution >= 4 is 6.03 Å². The van der Waals surface area contributed by atoms with Crippen molar-refractivity contribution in [2.45, 2.75) is 25.4 Å². The Bertz CT molecular complexity index is 623. The second-order valence-corrected chi connectivity index (χ2v) is 5.36. The summed E-state index contributed by atoms with van der Waals surface area (Å²) < 4.78 is 5.30. The first-order valence-corrected chi connectivity index (χ1v) is 7.44. The molecule has 2 amide bonds. The molecule has 2 N–H and O–H groups in total. The van der Waals surface area contributed by atoms with Crippen LogP contribution < -0.4 is 5.32 Å². The van der Waals surface area contributed by atoms with Gasteiger partial charge >= 0.3 is 6.03 Å². The first-order valence-electron chi connectivity index (χ1n) is 7.44. The van der Waals surface area contributed by atoms with Crippen LogP contribution in [0.15, 0.2) is 40.9 Å². The summed E-state index contributed by atoms with van der Waals surface area (Å²) in [5, 5.41) is 15.8. The summed E-state index contributed by atoms with van der Waals surface area (Å²) in [6, 6.07) is 11.6. The molecule has 1 fully saturated rings. The molecule has 0 radical (unpaired) electrons. The number of hydrogen-bond donors (Lipinski definition) is 2. The second-order valence-electron chi connectivity index (χ2n) is 5.36. The molecule has 6 nitrogen and oxygen atoms in total. The Morgan fingerprint density at radius 2 is 2.14 bits per heavy atom. The van der Waals surface area contributed by atoms with E-state index in [1.54, 1.807) is 4.90 Å². The minimum atomic E-state index is -0.166. The molecular formula is C16H19N3O3. The highest BCUT2D eigenvalue weighted by Crippen LogP contribution is 2.26. The lowest BCUT2D eigenvalue weighted by molar-refractivity contribution is 0.173. The van der Waals surface area contributed by atoms with Gasteiger partial charge in [-0.05, 0) is 12.8 Å². The van der Waals surface area contributed by atoms with Crippen LogP contribution in [0.25, 0.3) is 11.3 Å². The van der Waals surface area contributed by atoms with E-state index in [0.29, 0.717) is 24.5 Å². The molecule has 116 valence electrons. The largest absolute Gasteiger partial charge is 0.395 e. The number of aliphatic hydroxyl groups excluding tert-OH is 1. The monoisotopic (exact) mass is 301 g/mol. The third kappa shape index (κ3) is 3.46. The van der Waals surface area contributed by atoms with Gasteiger partial charge in [-0.25, -0.2) is 4.79 Å². The number of carbonyl (C=O) groups excluding carboxylic acids is 1. The van der Waals surface area contributed by atoms with E-state index in [2.05, 4.69) is 10.5 Å². The van der Waals surface area contributed by atoms with Gasteiger partial charge in [0.2, 0.25) is 0 Å². The second kappa shape index (κ2) is 6.62. The zero-order valence-electron chi connectivity index (χ0n) is 12.2. The standard InChI is InChI=1S/C16H19N3O3/c20-9-8-19(14-6-7-14)16(21)17-11-13-10-15(22-18-13)12-4-2-1-3-5-12/h1-5,10,14,20H,6-9,11H2,(H,17,21). The molecule has 2 aromatic rings. The third-order valence-corrected chi connectivity index (χ3v) is 3.63. The van der Waals surface area contributed by atoms with Gasteiger partial charge in [0.1, 0.15) is 5.69 Å². The molecule has 1 aromatic heterocycles. The van der Waals surface area contributed by atoms with E-state index in [0.717, 1.165) is 18.4 Å². The van der Waals surface area contributed by atoms with Gasteiger partial charge in [-0.1, -0.05) is 35.5 Å². The van der Waals surface area contributed by atoms with E-state index in [9.17, 15) is 4.79 Å². The van der Waals surface area contributed by atoms with Crippen LogP contribution in [0.3, 0.4) is 0 Å². The molecule has 1 aliphatic carbocycles. The highest BCUT2D eigenvalue weighted by molar-refractivity contribution is 5.75. The Morgan fingerprint density at radius 1 is 1.36 bits per heavy atom. The summed E-state index contributed by atoms with van der Waals surface area (Å²) in [6.07, 6.45) is 2.02. The number of urea groups is 1. The predicted molar refractivity (Wildman–Crippen MR) is 81.0 cm³/mol. The number of nitrogens with zero attached hydrogens (tertiary/aromatic N) is 2. The maximum Gasteiger partial charge on any atom is 0.318 e. The number of aromatic nitrogens is 1. The van der Waals surface area contributed by atoms with E-state index in [-0.39, 0.29) is 18.7 Å². The zero-order chi connectivity index (χ0) is 15.4. The number of carbonyl (C=O) groups is 1. The molecule has 1 saturated carbocycles. The van der Waals surface area contributed by atoms with Crippen LogP contribution >= 0.6 is 0 Å². The van der Waals surface area contributed by atoms with E-state index < -0.39 is 0 Å². The fourth-order valence-corrected chi connectivity index (χ4v) is 2.35. The number of hydrogen-bond acceptors (Lipinski definition) is 4. The quantitative estimate of drug-likeness (QED) is 0.855. The van der Waals surface area contributed by atoms with Crippen molar-refractivity contribution < 1.29 is 14.4 Å². The van der Waals surface area contributed by atoms with Gasteiger partial charge < -0.3 is 19.8 Å². The third-order valence-electron chi connectivity index (χ3n) is 3.63. The number of nitrogens with one attached hydrogen (secondary N) is 1. The summed E-state index contributed by atoms with van der Waals surface area (Å²) in [5.74, 6) is 0.680. The molecule has 0 atom stereocenters. The summed E-state index contributed by atoms with van der Waals surface area (Å²) >= 11 is 0. The van der Waals surface area contributed by atoms with Crippen LogP contribution in [0.1, 0.15) is 18.5 Å². The molecule has 22 heavy (non-hydrogen) atoms. The van der Waals surface area contributed by atoms with Crippen LogP contribution in [0.5, 0.6) is 0 Å². The minimum absolute atomic E-state index is 0.0218. The normalized spacial score (nSPS) is 13.9. The van der Waals surface area contributed by atoms with E-state index in [1.807, 2.05) is 36.4 Å². The van der Waals surface area contributed by atoms with Gasteiger partial charge in [0.05, 0.1) is 13.2 Å². The molecule has 0 saturated heterocycles. The van der Waals surface area contributed by atoms with Gasteiger partial charge in [0.15, 0.2) is 5.76 Å². The Morgan fingerprint density at radius 3 is 2.82 bits per heavy atom. The summed E-state index contributed by atoms with van der Waals surface area (Å²) in [5.41, 5.74) is 1.62. The van der Waals surface area contributed by atoms with Crippen LogP contribution in [0.4, 0.5) is 4.79 Å². The molecule has 0 spiro atoms. The van der Waals surface area contributed by atoms with Crippen molar-refractivity contribution in [2.75, 3.05) is 13.2 Å². The van der Waals surface area contributed by atoms with Gasteiger partial charge in [-0.2, -0.15) is 0 Å². The van der Waals surface area contributed by atoms with Crippen LogP contribution in [-0.4, -0.2) is 40.4 Å². The lowest BCUT2D eigenvalue weighted by Gasteiger charge is -2.21. The number of aliphatic hydroxyl groups is 1. The van der Waals surface area contributed by atoms with E-state index >= 15 is 0 Å². The topological polar surface area (TPSA) is 78.6 Å². The summed E-state index contributed by atoms with van der Waals surface area (Å²) in [4.78, 5) is 13.8. The summed E-state index contributed by atoms with van der Waals surface area (Å²) in [7, 11) is 0. The van der Waals surface area contributed by atoms with Gasteiger partial charge in [-0.15, -0.1) is 0 Å². The van der Waals surface area contributed by atoms with Crippen molar-refractivity contribution in [1.29, 1.82) is 0 Å². The van der Waals surface area contributed by atoms with Crippen molar-refractivity contribution in [3.05, 3.63) is 42.1 Å². The van der Waals surface area contributed by atoms with Crippen molar-refractivity contribution in [3.8, 4) is 11.3 Å². The van der Waals surface area contributed by atoms with Crippen molar-refractivity contribution in [1.82, 2.24) is 15.4 Å². The highest BCUT2D eigenvalue weighted by atomic mass is 16.5. The first-order chi connectivity index (χ1) is 10.8. The van der Waals surface area contributed by atoms with E-state index in [1.165, 1.54) is 0 Å². The SMILES string of the molecule is O=C(NCc1cc(-c2ccccc2)on1)N(CCO)C1CC1. The summed E-state index contributed by atoms with van der Waals surface area (Å²) in [6.45, 7) is 0.653. The smallest absolute Gasteiger partial charge is 0.318 e. The van der Waals surface area contributed by atoms with Crippen LogP contribution in [0.2, 0.25) is 0 Å². The molecule has 0 bridgehead atoms. The number of rotatable bonds is 6. The maximum absolute atomic E-state index is 12.1. The molecule has 6 heteroatoms. The maximum atomic E-state index is 12.1. The average Bonchev–Trinajstić information content (AvgIpc) is 3.28. The van der Waals surface area contributed by atoms with Gasteiger partial charge in [-0.3, -0.25) is 0 Å². The van der Waals surface area contributed by atoms with Gasteiger partial charge in [0, 0.05) is 24.2 Å². The first kappa shape index (κ1) is 14.6. The van der Waals surface area contributed by atoms with Crippen LogP contribution in [-0.2, 0) is 6.54 Å². The molecule has 3 rings (SSSR count).